The van der Waals surface area contributed by atoms with Gasteiger partial charge in [0.25, 0.3) is 0 Å². The van der Waals surface area contributed by atoms with Crippen LogP contribution in [0.3, 0.4) is 0 Å². The summed E-state index contributed by atoms with van der Waals surface area (Å²) in [5.41, 5.74) is 1.78. The van der Waals surface area contributed by atoms with Crippen LogP contribution in [0.2, 0.25) is 0 Å². The number of nitrogens with one attached hydrogen (secondary N) is 2. The van der Waals surface area contributed by atoms with Crippen molar-refractivity contribution in [3.05, 3.63) is 53.6 Å². The summed E-state index contributed by atoms with van der Waals surface area (Å²) in [6.07, 6.45) is 2.66. The van der Waals surface area contributed by atoms with Crippen molar-refractivity contribution < 1.29 is 9.18 Å². The molecule has 18 heavy (non-hydrogen) atoms. The van der Waals surface area contributed by atoms with Crippen molar-refractivity contribution in [1.82, 2.24) is 15.5 Å². The van der Waals surface area contributed by atoms with Crippen LogP contribution in [0, 0.1) is 5.82 Å². The summed E-state index contributed by atoms with van der Waals surface area (Å²) in [6.45, 7) is 0.558. The van der Waals surface area contributed by atoms with Crippen LogP contribution in [-0.2, 0) is 17.6 Å². The summed E-state index contributed by atoms with van der Waals surface area (Å²) < 4.78 is 12.7. The third-order valence-electron chi connectivity index (χ3n) is 2.55. The maximum absolute atomic E-state index is 12.7. The third kappa shape index (κ3) is 3.69. The second kappa shape index (κ2) is 5.95. The van der Waals surface area contributed by atoms with E-state index < -0.39 is 0 Å². The number of rotatable bonds is 5. The van der Waals surface area contributed by atoms with E-state index in [9.17, 15) is 9.18 Å². The van der Waals surface area contributed by atoms with E-state index in [2.05, 4.69) is 15.5 Å². The van der Waals surface area contributed by atoms with Crippen molar-refractivity contribution in [2.45, 2.75) is 12.8 Å². The minimum atomic E-state index is -0.293. The van der Waals surface area contributed by atoms with Gasteiger partial charge in [-0.1, -0.05) is 12.1 Å². The SMILES string of the molecule is O=C(Cc1ccc(F)cc1)NCCc1ccn[nH]1. The molecule has 0 atom stereocenters. The molecule has 0 saturated heterocycles. The minimum absolute atomic E-state index is 0.0684. The molecule has 2 aromatic rings. The van der Waals surface area contributed by atoms with Gasteiger partial charge in [-0.15, -0.1) is 0 Å². The van der Waals surface area contributed by atoms with Gasteiger partial charge in [-0.25, -0.2) is 4.39 Å². The monoisotopic (exact) mass is 247 g/mol. The van der Waals surface area contributed by atoms with Crippen molar-refractivity contribution in [2.75, 3.05) is 6.54 Å². The molecule has 94 valence electrons. The number of hydrogen-bond acceptors (Lipinski definition) is 2. The van der Waals surface area contributed by atoms with Gasteiger partial charge >= 0.3 is 0 Å². The molecule has 0 spiro atoms. The fourth-order valence-corrected chi connectivity index (χ4v) is 1.61. The third-order valence-corrected chi connectivity index (χ3v) is 2.55. The van der Waals surface area contributed by atoms with Gasteiger partial charge in [0, 0.05) is 24.9 Å². The first-order chi connectivity index (χ1) is 8.74. The highest BCUT2D eigenvalue weighted by molar-refractivity contribution is 5.78. The molecule has 0 aliphatic rings. The van der Waals surface area contributed by atoms with E-state index in [1.807, 2.05) is 6.07 Å². The first-order valence-corrected chi connectivity index (χ1v) is 5.73. The zero-order chi connectivity index (χ0) is 12.8. The summed E-state index contributed by atoms with van der Waals surface area (Å²) in [7, 11) is 0. The Morgan fingerprint density at radius 1 is 1.28 bits per heavy atom. The van der Waals surface area contributed by atoms with E-state index in [0.29, 0.717) is 6.54 Å². The first-order valence-electron chi connectivity index (χ1n) is 5.73. The van der Waals surface area contributed by atoms with Gasteiger partial charge in [-0.3, -0.25) is 9.89 Å². The van der Waals surface area contributed by atoms with Gasteiger partial charge in [0.2, 0.25) is 5.91 Å². The molecule has 0 bridgehead atoms. The van der Waals surface area contributed by atoms with E-state index in [1.165, 1.54) is 12.1 Å². The molecule has 2 rings (SSSR count). The van der Waals surface area contributed by atoms with Gasteiger partial charge in [0.15, 0.2) is 0 Å². The lowest BCUT2D eigenvalue weighted by Crippen LogP contribution is -2.27. The lowest BCUT2D eigenvalue weighted by Gasteiger charge is -2.04. The highest BCUT2D eigenvalue weighted by atomic mass is 19.1. The van der Waals surface area contributed by atoms with Crippen LogP contribution in [0.25, 0.3) is 0 Å². The first kappa shape index (κ1) is 12.3. The van der Waals surface area contributed by atoms with Crippen molar-refractivity contribution in [1.29, 1.82) is 0 Å². The Kier molecular flexibility index (Phi) is 4.06. The summed E-state index contributed by atoms with van der Waals surface area (Å²) in [5, 5.41) is 9.45. The number of halogens is 1. The highest BCUT2D eigenvalue weighted by Gasteiger charge is 2.03. The van der Waals surface area contributed by atoms with Gasteiger partial charge < -0.3 is 5.32 Å². The molecule has 0 saturated carbocycles. The topological polar surface area (TPSA) is 57.8 Å². The molecule has 0 radical (unpaired) electrons. The minimum Gasteiger partial charge on any atom is -0.355 e. The summed E-state index contributed by atoms with van der Waals surface area (Å²) in [6, 6.07) is 7.81. The second-order valence-corrected chi connectivity index (χ2v) is 3.99. The molecule has 2 N–H and O–H groups in total. The predicted molar refractivity (Wildman–Crippen MR) is 65.4 cm³/mol. The Balaban J connectivity index is 1.73. The van der Waals surface area contributed by atoms with Gasteiger partial charge in [0.1, 0.15) is 5.82 Å². The van der Waals surface area contributed by atoms with Crippen molar-refractivity contribution in [3.8, 4) is 0 Å². The van der Waals surface area contributed by atoms with Crippen molar-refractivity contribution in [2.24, 2.45) is 0 Å². The molecular formula is C13H14FN3O. The largest absolute Gasteiger partial charge is 0.355 e. The molecule has 0 fully saturated rings. The van der Waals surface area contributed by atoms with Crippen LogP contribution < -0.4 is 5.32 Å². The second-order valence-electron chi connectivity index (χ2n) is 3.99. The van der Waals surface area contributed by atoms with E-state index in [-0.39, 0.29) is 18.1 Å². The molecular weight excluding hydrogens is 233 g/mol. The number of aromatic nitrogens is 2. The number of carbonyl (C=O) groups excluding carboxylic acids is 1. The summed E-state index contributed by atoms with van der Waals surface area (Å²) in [5.74, 6) is -0.362. The maximum atomic E-state index is 12.7. The lowest BCUT2D eigenvalue weighted by atomic mass is 10.1. The van der Waals surface area contributed by atoms with Crippen LogP contribution in [0.4, 0.5) is 4.39 Å². The number of amides is 1. The molecule has 0 unspecified atom stereocenters. The van der Waals surface area contributed by atoms with Gasteiger partial charge in [0.05, 0.1) is 6.42 Å². The Hall–Kier alpha value is -2.17. The number of nitrogens with zero attached hydrogens (tertiary/aromatic N) is 1. The number of H-pyrrole nitrogens is 1. The number of benzene rings is 1. The van der Waals surface area contributed by atoms with E-state index in [4.69, 9.17) is 0 Å². The molecule has 1 aromatic heterocycles. The quantitative estimate of drug-likeness (QED) is 0.840. The molecule has 1 aromatic carbocycles. The predicted octanol–water partition coefficient (Wildman–Crippen LogP) is 1.45. The summed E-state index contributed by atoms with van der Waals surface area (Å²) in [4.78, 5) is 11.6. The highest BCUT2D eigenvalue weighted by Crippen LogP contribution is 2.03. The number of carbonyl (C=O) groups is 1. The van der Waals surface area contributed by atoms with E-state index in [0.717, 1.165) is 17.7 Å². The average Bonchev–Trinajstić information content (AvgIpc) is 2.85. The van der Waals surface area contributed by atoms with Crippen molar-refractivity contribution >= 4 is 5.91 Å². The zero-order valence-electron chi connectivity index (χ0n) is 9.82. The van der Waals surface area contributed by atoms with Crippen molar-refractivity contribution in [3.63, 3.8) is 0 Å². The average molecular weight is 247 g/mol. The van der Waals surface area contributed by atoms with E-state index >= 15 is 0 Å². The van der Waals surface area contributed by atoms with Crippen LogP contribution in [0.15, 0.2) is 36.5 Å². The Morgan fingerprint density at radius 2 is 2.06 bits per heavy atom. The van der Waals surface area contributed by atoms with Crippen LogP contribution in [-0.4, -0.2) is 22.6 Å². The smallest absolute Gasteiger partial charge is 0.224 e. The zero-order valence-corrected chi connectivity index (χ0v) is 9.82. The molecule has 0 aliphatic heterocycles. The molecule has 5 heteroatoms. The fraction of sp³-hybridized carbons (Fsp3) is 0.231. The Labute approximate surface area is 104 Å². The normalized spacial score (nSPS) is 10.3. The van der Waals surface area contributed by atoms with Crippen LogP contribution in [0.5, 0.6) is 0 Å². The van der Waals surface area contributed by atoms with Gasteiger partial charge in [-0.05, 0) is 23.8 Å². The van der Waals surface area contributed by atoms with Gasteiger partial charge in [-0.2, -0.15) is 5.10 Å². The van der Waals surface area contributed by atoms with Crippen LogP contribution >= 0.6 is 0 Å². The molecule has 4 nitrogen and oxygen atoms in total. The number of hydrogen-bond donors (Lipinski definition) is 2. The van der Waals surface area contributed by atoms with Crippen LogP contribution in [0.1, 0.15) is 11.3 Å². The fourth-order valence-electron chi connectivity index (χ4n) is 1.61. The Morgan fingerprint density at radius 3 is 2.72 bits per heavy atom. The standard InChI is InChI=1S/C13H14FN3O/c14-11-3-1-10(2-4-11)9-13(18)15-7-5-12-6-8-16-17-12/h1-4,6,8H,5,7,9H2,(H,15,18)(H,16,17). The van der Waals surface area contributed by atoms with E-state index in [1.54, 1.807) is 18.3 Å². The lowest BCUT2D eigenvalue weighted by molar-refractivity contribution is -0.120. The maximum Gasteiger partial charge on any atom is 0.224 e. The molecule has 1 amide bonds. The summed E-state index contributed by atoms with van der Waals surface area (Å²) >= 11 is 0. The molecule has 0 aliphatic carbocycles. The Bertz CT molecular complexity index is 493. The molecule has 1 heterocycles. The number of aromatic amines is 1.